The van der Waals surface area contributed by atoms with Gasteiger partial charge in [0.15, 0.2) is 11.6 Å². The first-order chi connectivity index (χ1) is 38.5. The Morgan fingerprint density at radius 2 is 1.12 bits per heavy atom. The Hall–Kier alpha value is -8.17. The zero-order chi connectivity index (χ0) is 60.4. The monoisotopic (exact) mass is 1180 g/mol. The molecule has 0 spiro atoms. The molecule has 2 aliphatic carbocycles. The first-order valence-electron chi connectivity index (χ1n) is 26.1. The fourth-order valence-electron chi connectivity index (χ4n) is 8.40. The highest BCUT2D eigenvalue weighted by molar-refractivity contribution is 6.31. The minimum Gasteiger partial charge on any atom is -0.444 e. The van der Waals surface area contributed by atoms with Gasteiger partial charge in [-0.15, -0.1) is 0 Å². The number of ketones is 2. The molecule has 2 aromatic heterocycles. The quantitative estimate of drug-likeness (QED) is 0.0273. The first-order valence-corrected chi connectivity index (χ1v) is 26.8. The van der Waals surface area contributed by atoms with E-state index in [0.29, 0.717) is 38.6 Å². The van der Waals surface area contributed by atoms with Crippen LogP contribution in [-0.4, -0.2) is 108 Å². The van der Waals surface area contributed by atoms with Crippen LogP contribution in [0.2, 0.25) is 10.0 Å². The maximum Gasteiger partial charge on any atom is 0.412 e. The molecular weight excluding hydrogens is 1120 g/mol. The molecule has 0 radical (unpaired) electrons. The summed E-state index contributed by atoms with van der Waals surface area (Å²) in [7, 11) is 0. The van der Waals surface area contributed by atoms with Gasteiger partial charge in [0.05, 0.1) is 34.3 Å². The number of rotatable bonds is 18. The van der Waals surface area contributed by atoms with E-state index in [1.165, 1.54) is 70.8 Å². The van der Waals surface area contributed by atoms with Gasteiger partial charge < -0.3 is 39.4 Å². The third kappa shape index (κ3) is 18.9. The average molecular weight is 1190 g/mol. The molecule has 0 saturated heterocycles. The van der Waals surface area contributed by atoms with Gasteiger partial charge >= 0.3 is 6.09 Å². The molecule has 4 N–H and O–H groups in total. The number of nitrogens with zero attached hydrogens (tertiary/aromatic N) is 7. The highest BCUT2D eigenvalue weighted by Crippen LogP contribution is 2.31. The predicted molar refractivity (Wildman–Crippen MR) is 312 cm³/mol. The van der Waals surface area contributed by atoms with Crippen LogP contribution in [-0.2, 0) is 50.1 Å². The zero-order valence-electron chi connectivity index (χ0n) is 46.6. The molecule has 6 aromatic rings. The van der Waals surface area contributed by atoms with Gasteiger partial charge in [-0.05, 0) is 122 Å². The Morgan fingerprint density at radius 3 is 1.52 bits per heavy atom. The fraction of sp³-hybridized carbons (Fsp3) is 0.390. The van der Waals surface area contributed by atoms with E-state index in [1.54, 1.807) is 88.7 Å². The third-order valence-corrected chi connectivity index (χ3v) is 13.0. The smallest absolute Gasteiger partial charge is 0.412 e. The van der Waals surface area contributed by atoms with Gasteiger partial charge in [0.2, 0.25) is 29.5 Å². The van der Waals surface area contributed by atoms with Crippen LogP contribution in [0, 0.1) is 11.6 Å². The molecule has 4 aromatic carbocycles. The molecule has 0 aliphatic heterocycles. The van der Waals surface area contributed by atoms with Crippen molar-refractivity contribution in [1.82, 2.24) is 29.6 Å². The lowest BCUT2D eigenvalue weighted by molar-refractivity contribution is -0.137. The van der Waals surface area contributed by atoms with Crippen LogP contribution < -0.4 is 16.0 Å². The second-order valence-electron chi connectivity index (χ2n) is 21.7. The van der Waals surface area contributed by atoms with Crippen molar-refractivity contribution in [3.05, 3.63) is 145 Å². The molecule has 442 valence electrons. The van der Waals surface area contributed by atoms with Crippen molar-refractivity contribution >= 4 is 97.9 Å². The standard InChI is InChI=1S/C29H32ClFN4O5.C25H22ClFN6O4.C4H10O.CH4/c1-17(36)22-14-34(24-12-19(8-11-21(22)24)33-28(39)40-29(2,3)4)16-26(38)35(20-9-10-20)15-25(37)32-13-18-6-5-7-23(30)27(18)31;1-14(34)19-11-32(21-9-15(5-8-18(19)21)25(37)30-31-28)13-23(36)33(17-6-7-17)12-22(35)29-10-16-3-2-4-20(26)24(16)27;1-4(2,3)5;/h5-8,11-12,14,20H,9-10,13,15-16H2,1-4H3,(H,32,37)(H,33,39);2-5,8-9,11,17H,6-7,10,12-13H2,1H3,(H,29,35);5H,1-3H3;1H4. The molecule has 0 bridgehead atoms. The SMILES string of the molecule is C.CC(=O)c1cn(CC(=O)N(CC(=O)NCc2cccc(Cl)c2F)C2CC2)c2cc(C(=O)N=[N+]=[N-])ccc12.CC(=O)c1cn(CC(=O)N(CC(=O)NCc2cccc(Cl)c2F)C2CC2)c2cc(NC(=O)OC(C)(C)C)ccc12.CC(C)(C)O. The summed E-state index contributed by atoms with van der Waals surface area (Å²) < 4.78 is 36.8. The lowest BCUT2D eigenvalue weighted by atomic mass is 10.1. The van der Waals surface area contributed by atoms with E-state index in [4.69, 9.17) is 38.6 Å². The molecule has 24 heteroatoms. The lowest BCUT2D eigenvalue weighted by Crippen LogP contribution is -2.43. The number of ether oxygens (including phenoxy) is 1. The number of aromatic nitrogens is 2. The molecule has 6 amide bonds. The van der Waals surface area contributed by atoms with Crippen molar-refractivity contribution in [2.75, 3.05) is 18.4 Å². The number of carbonyl (C=O) groups is 8. The molecule has 2 saturated carbocycles. The normalized spacial score (nSPS) is 12.7. The van der Waals surface area contributed by atoms with Crippen LogP contribution in [0.4, 0.5) is 19.3 Å². The third-order valence-electron chi connectivity index (χ3n) is 12.4. The van der Waals surface area contributed by atoms with Crippen molar-refractivity contribution in [3.8, 4) is 0 Å². The number of Topliss-reactive ketones (excluding diaryl/α,β-unsaturated/α-hetero) is 2. The van der Waals surface area contributed by atoms with Crippen molar-refractivity contribution < 1.29 is 57.0 Å². The minimum atomic E-state index is -0.791. The lowest BCUT2D eigenvalue weighted by Gasteiger charge is -2.22. The van der Waals surface area contributed by atoms with Crippen molar-refractivity contribution in [2.45, 2.75) is 138 Å². The highest BCUT2D eigenvalue weighted by atomic mass is 35.5. The summed E-state index contributed by atoms with van der Waals surface area (Å²) in [6.07, 6.45) is 5.55. The summed E-state index contributed by atoms with van der Waals surface area (Å²) in [5, 5.41) is 20.7. The average Bonchev–Trinajstić information content (AvgIpc) is 2.64. The van der Waals surface area contributed by atoms with Gasteiger partial charge in [-0.3, -0.25) is 38.9 Å². The van der Waals surface area contributed by atoms with Gasteiger partial charge in [-0.1, -0.05) is 73.1 Å². The summed E-state index contributed by atoms with van der Waals surface area (Å²) in [5.74, 6) is -3.93. The van der Waals surface area contributed by atoms with Crippen LogP contribution in [0.3, 0.4) is 0 Å². The summed E-state index contributed by atoms with van der Waals surface area (Å²) in [6, 6.07) is 18.4. The number of hydrogen-bond donors (Lipinski definition) is 4. The molecular formula is C59H68Cl2F2N10O10. The van der Waals surface area contributed by atoms with E-state index in [9.17, 15) is 47.1 Å². The van der Waals surface area contributed by atoms with E-state index < -0.39 is 46.7 Å². The predicted octanol–water partition coefficient (Wildman–Crippen LogP) is 11.1. The Balaban J connectivity index is 0.000000279. The summed E-state index contributed by atoms with van der Waals surface area (Å²) in [6.45, 7) is 12.5. The number of azide groups is 1. The van der Waals surface area contributed by atoms with E-state index in [1.807, 2.05) is 0 Å². The van der Waals surface area contributed by atoms with Crippen molar-refractivity contribution in [3.63, 3.8) is 0 Å². The molecule has 2 fully saturated rings. The maximum absolute atomic E-state index is 14.2. The summed E-state index contributed by atoms with van der Waals surface area (Å²) in [4.78, 5) is 106. The number of nitrogens with one attached hydrogen (secondary N) is 3. The van der Waals surface area contributed by atoms with Crippen molar-refractivity contribution in [2.24, 2.45) is 5.11 Å². The molecule has 2 heterocycles. The molecule has 2 aliphatic rings. The molecule has 83 heavy (non-hydrogen) atoms. The number of fused-ring (bicyclic) bond motifs is 2. The van der Waals surface area contributed by atoms with Crippen LogP contribution in [0.1, 0.15) is 131 Å². The Kier molecular flexibility index (Phi) is 22.3. The number of anilines is 1. The second-order valence-corrected chi connectivity index (χ2v) is 22.5. The second kappa shape index (κ2) is 28.2. The Morgan fingerprint density at radius 1 is 0.699 bits per heavy atom. The maximum atomic E-state index is 14.2. The number of benzene rings is 4. The zero-order valence-corrected chi connectivity index (χ0v) is 48.1. The molecule has 8 rings (SSSR count). The fourth-order valence-corrected chi connectivity index (χ4v) is 8.79. The van der Waals surface area contributed by atoms with E-state index in [2.05, 4.69) is 26.0 Å². The van der Waals surface area contributed by atoms with Crippen LogP contribution in [0.15, 0.2) is 90.3 Å². The molecule has 0 unspecified atom stereocenters. The van der Waals surface area contributed by atoms with Gasteiger partial charge in [0, 0.05) is 92.3 Å². The molecule has 20 nitrogen and oxygen atoms in total. The Bertz CT molecular complexity index is 3500. The van der Waals surface area contributed by atoms with E-state index in [0.717, 1.165) is 25.7 Å². The number of carbonyl (C=O) groups excluding carboxylic acids is 8. The number of halogens is 4. The van der Waals surface area contributed by atoms with Crippen molar-refractivity contribution in [1.29, 1.82) is 0 Å². The van der Waals surface area contributed by atoms with E-state index in [-0.39, 0.29) is 109 Å². The number of aliphatic hydroxyl groups is 1. The van der Waals surface area contributed by atoms with E-state index >= 15 is 0 Å². The number of amides is 6. The Labute approximate surface area is 489 Å². The van der Waals surface area contributed by atoms with Gasteiger partial charge in [-0.2, -0.15) is 0 Å². The van der Waals surface area contributed by atoms with Gasteiger partial charge in [0.1, 0.15) is 30.3 Å². The van der Waals surface area contributed by atoms with Gasteiger partial charge in [-0.25, -0.2) is 13.6 Å². The minimum absolute atomic E-state index is 0. The first kappa shape index (κ1) is 65.6. The largest absolute Gasteiger partial charge is 0.444 e. The molecule has 0 atom stereocenters. The summed E-state index contributed by atoms with van der Waals surface area (Å²) in [5.41, 5.74) is 10.2. The summed E-state index contributed by atoms with van der Waals surface area (Å²) >= 11 is 11.6. The van der Waals surface area contributed by atoms with Crippen LogP contribution in [0.5, 0.6) is 0 Å². The van der Waals surface area contributed by atoms with Gasteiger partial charge in [0.25, 0.3) is 0 Å². The highest BCUT2D eigenvalue weighted by Gasteiger charge is 2.36. The van der Waals surface area contributed by atoms with Crippen LogP contribution >= 0.6 is 23.2 Å². The van der Waals surface area contributed by atoms with Crippen LogP contribution in [0.25, 0.3) is 32.2 Å². The topological polar surface area (TPSA) is 267 Å². The number of hydrogen-bond acceptors (Lipinski definition) is 10.